The second-order valence-electron chi connectivity index (χ2n) is 2.60. The summed E-state index contributed by atoms with van der Waals surface area (Å²) in [5, 5.41) is 18.5. The Morgan fingerprint density at radius 1 is 1.15 bits per heavy atom. The third kappa shape index (κ3) is 2.37. The maximum absolute atomic E-state index is 9.37. The van der Waals surface area contributed by atoms with Crippen LogP contribution in [0.3, 0.4) is 0 Å². The van der Waals surface area contributed by atoms with Crippen LogP contribution in [0.25, 0.3) is 6.08 Å². The molecule has 0 aliphatic heterocycles. The minimum Gasteiger partial charge on any atom is -0.504 e. The normalized spacial score (nSPS) is 11.5. The molecule has 0 saturated heterocycles. The number of phenols is 2. The molecular formula is C11H12O2. The SMILES string of the molecule is CC=CC=Cc1cccc(O)c1O. The quantitative estimate of drug-likeness (QED) is 0.537. The predicted octanol–water partition coefficient (Wildman–Crippen LogP) is 2.69. The van der Waals surface area contributed by atoms with E-state index in [1.807, 2.05) is 19.1 Å². The number of rotatable bonds is 2. The molecule has 1 rings (SSSR count). The minimum atomic E-state index is -0.0948. The van der Waals surface area contributed by atoms with E-state index in [0.717, 1.165) is 0 Å². The molecule has 1 aromatic rings. The summed E-state index contributed by atoms with van der Waals surface area (Å²) >= 11 is 0. The molecule has 0 heterocycles. The Balaban J connectivity index is 2.95. The van der Waals surface area contributed by atoms with Crippen molar-refractivity contribution in [2.45, 2.75) is 6.92 Å². The average molecular weight is 176 g/mol. The highest BCUT2D eigenvalue weighted by molar-refractivity contribution is 5.61. The van der Waals surface area contributed by atoms with Crippen LogP contribution >= 0.6 is 0 Å². The molecule has 0 fully saturated rings. The van der Waals surface area contributed by atoms with Crippen molar-refractivity contribution in [3.63, 3.8) is 0 Å². The van der Waals surface area contributed by atoms with E-state index in [2.05, 4.69) is 0 Å². The lowest BCUT2D eigenvalue weighted by atomic mass is 10.1. The Morgan fingerprint density at radius 2 is 1.92 bits per heavy atom. The van der Waals surface area contributed by atoms with Crippen LogP contribution in [0.15, 0.2) is 36.4 Å². The van der Waals surface area contributed by atoms with Gasteiger partial charge >= 0.3 is 0 Å². The van der Waals surface area contributed by atoms with Gasteiger partial charge in [0.1, 0.15) is 0 Å². The van der Waals surface area contributed by atoms with Gasteiger partial charge in [-0.05, 0) is 13.0 Å². The van der Waals surface area contributed by atoms with Crippen LogP contribution in [0, 0.1) is 0 Å². The smallest absolute Gasteiger partial charge is 0.164 e. The van der Waals surface area contributed by atoms with E-state index in [0.29, 0.717) is 5.56 Å². The lowest BCUT2D eigenvalue weighted by molar-refractivity contribution is 0.403. The van der Waals surface area contributed by atoms with Crippen LogP contribution in [-0.4, -0.2) is 10.2 Å². The first-order valence-corrected chi connectivity index (χ1v) is 4.06. The molecule has 0 atom stereocenters. The van der Waals surface area contributed by atoms with Gasteiger partial charge in [0.2, 0.25) is 0 Å². The molecule has 0 unspecified atom stereocenters. The predicted molar refractivity (Wildman–Crippen MR) is 53.6 cm³/mol. The third-order valence-electron chi connectivity index (χ3n) is 1.63. The zero-order valence-corrected chi connectivity index (χ0v) is 7.44. The molecule has 0 aliphatic rings. The van der Waals surface area contributed by atoms with Crippen molar-refractivity contribution in [3.8, 4) is 11.5 Å². The fraction of sp³-hybridized carbons (Fsp3) is 0.0909. The van der Waals surface area contributed by atoms with Gasteiger partial charge in [-0.2, -0.15) is 0 Å². The van der Waals surface area contributed by atoms with Gasteiger partial charge in [0.15, 0.2) is 11.5 Å². The number of phenolic OH excluding ortho intramolecular Hbond substituents is 2. The molecular weight excluding hydrogens is 164 g/mol. The molecule has 13 heavy (non-hydrogen) atoms. The Morgan fingerprint density at radius 3 is 2.62 bits per heavy atom. The highest BCUT2D eigenvalue weighted by Gasteiger charge is 2.00. The Kier molecular flexibility index (Phi) is 3.15. The number of aromatic hydroxyl groups is 2. The maximum Gasteiger partial charge on any atom is 0.164 e. The summed E-state index contributed by atoms with van der Waals surface area (Å²) in [4.78, 5) is 0. The first-order valence-electron chi connectivity index (χ1n) is 4.06. The summed E-state index contributed by atoms with van der Waals surface area (Å²) in [5.74, 6) is -0.175. The van der Waals surface area contributed by atoms with Crippen LogP contribution in [0.4, 0.5) is 0 Å². The van der Waals surface area contributed by atoms with Crippen molar-refractivity contribution in [2.75, 3.05) is 0 Å². The van der Waals surface area contributed by atoms with Crippen molar-refractivity contribution in [1.82, 2.24) is 0 Å². The molecule has 68 valence electrons. The van der Waals surface area contributed by atoms with E-state index in [1.54, 1.807) is 24.3 Å². The fourth-order valence-corrected chi connectivity index (χ4v) is 0.954. The fourth-order valence-electron chi connectivity index (χ4n) is 0.954. The number of hydrogen-bond donors (Lipinski definition) is 2. The molecule has 2 N–H and O–H groups in total. The van der Waals surface area contributed by atoms with Gasteiger partial charge in [0.05, 0.1) is 0 Å². The van der Waals surface area contributed by atoms with Gasteiger partial charge in [-0.15, -0.1) is 0 Å². The maximum atomic E-state index is 9.37. The van der Waals surface area contributed by atoms with Gasteiger partial charge in [-0.3, -0.25) is 0 Å². The number of allylic oxidation sites excluding steroid dienone is 3. The van der Waals surface area contributed by atoms with Gasteiger partial charge in [0.25, 0.3) is 0 Å². The number of benzene rings is 1. The van der Waals surface area contributed by atoms with Gasteiger partial charge in [0, 0.05) is 5.56 Å². The summed E-state index contributed by atoms with van der Waals surface area (Å²) in [6.45, 7) is 1.91. The Labute approximate surface area is 77.5 Å². The molecule has 0 bridgehead atoms. The monoisotopic (exact) mass is 176 g/mol. The van der Waals surface area contributed by atoms with Crippen LogP contribution in [0.5, 0.6) is 11.5 Å². The summed E-state index contributed by atoms with van der Waals surface area (Å²) in [6.07, 6.45) is 7.27. The second kappa shape index (κ2) is 4.36. The summed E-state index contributed by atoms with van der Waals surface area (Å²) in [6, 6.07) is 4.86. The third-order valence-corrected chi connectivity index (χ3v) is 1.63. The van der Waals surface area contributed by atoms with Crippen LogP contribution < -0.4 is 0 Å². The molecule has 0 amide bonds. The first kappa shape index (κ1) is 9.39. The summed E-state index contributed by atoms with van der Waals surface area (Å²) in [5.41, 5.74) is 0.609. The second-order valence-corrected chi connectivity index (χ2v) is 2.60. The van der Waals surface area contributed by atoms with Crippen molar-refractivity contribution < 1.29 is 10.2 Å². The molecule has 0 aromatic heterocycles. The van der Waals surface area contributed by atoms with Crippen LogP contribution in [-0.2, 0) is 0 Å². The van der Waals surface area contributed by atoms with E-state index < -0.39 is 0 Å². The Bertz CT molecular complexity index is 338. The molecule has 0 aliphatic carbocycles. The molecule has 2 heteroatoms. The zero-order chi connectivity index (χ0) is 9.68. The van der Waals surface area contributed by atoms with E-state index in [9.17, 15) is 5.11 Å². The highest BCUT2D eigenvalue weighted by atomic mass is 16.3. The summed E-state index contributed by atoms with van der Waals surface area (Å²) in [7, 11) is 0. The lowest BCUT2D eigenvalue weighted by Crippen LogP contribution is -1.74. The lowest BCUT2D eigenvalue weighted by Gasteiger charge is -1.99. The van der Waals surface area contributed by atoms with Crippen LogP contribution in [0.2, 0.25) is 0 Å². The van der Waals surface area contributed by atoms with Crippen molar-refractivity contribution in [3.05, 3.63) is 42.0 Å². The van der Waals surface area contributed by atoms with Crippen molar-refractivity contribution >= 4 is 6.08 Å². The van der Waals surface area contributed by atoms with E-state index in [4.69, 9.17) is 5.11 Å². The number of para-hydroxylation sites is 1. The highest BCUT2D eigenvalue weighted by Crippen LogP contribution is 2.28. The van der Waals surface area contributed by atoms with E-state index in [1.165, 1.54) is 6.07 Å². The molecule has 2 nitrogen and oxygen atoms in total. The molecule has 1 aromatic carbocycles. The standard InChI is InChI=1S/C11H12O2/c1-2-3-4-6-9-7-5-8-10(12)11(9)13/h2-8,12-13H,1H3. The molecule has 0 spiro atoms. The molecule has 0 saturated carbocycles. The minimum absolute atomic E-state index is 0.0803. The molecule has 0 radical (unpaired) electrons. The first-order chi connectivity index (χ1) is 6.25. The zero-order valence-electron chi connectivity index (χ0n) is 7.44. The van der Waals surface area contributed by atoms with Gasteiger partial charge in [-0.25, -0.2) is 0 Å². The number of hydrogen-bond acceptors (Lipinski definition) is 2. The van der Waals surface area contributed by atoms with Gasteiger partial charge in [-0.1, -0.05) is 36.4 Å². The largest absolute Gasteiger partial charge is 0.504 e. The van der Waals surface area contributed by atoms with Crippen LogP contribution in [0.1, 0.15) is 12.5 Å². The van der Waals surface area contributed by atoms with Crippen molar-refractivity contribution in [2.24, 2.45) is 0 Å². The van der Waals surface area contributed by atoms with Gasteiger partial charge < -0.3 is 10.2 Å². The Hall–Kier alpha value is -1.70. The average Bonchev–Trinajstić information content (AvgIpc) is 2.13. The topological polar surface area (TPSA) is 40.5 Å². The van der Waals surface area contributed by atoms with E-state index in [-0.39, 0.29) is 11.5 Å². The van der Waals surface area contributed by atoms with Crippen molar-refractivity contribution in [1.29, 1.82) is 0 Å². The summed E-state index contributed by atoms with van der Waals surface area (Å²) < 4.78 is 0. The van der Waals surface area contributed by atoms with E-state index >= 15 is 0 Å².